The van der Waals surface area contributed by atoms with Gasteiger partial charge in [-0.25, -0.2) is 9.97 Å². The molecule has 0 aromatic carbocycles. The summed E-state index contributed by atoms with van der Waals surface area (Å²) in [7, 11) is 3.36. The van der Waals surface area contributed by atoms with Crippen LogP contribution in [0.4, 0.5) is 11.6 Å². The van der Waals surface area contributed by atoms with Gasteiger partial charge in [-0.1, -0.05) is 6.92 Å². The fraction of sp³-hybridized carbons (Fsp3) is 0.615. The molecule has 0 aliphatic rings. The van der Waals surface area contributed by atoms with E-state index in [1.54, 1.807) is 19.1 Å². The third-order valence-electron chi connectivity index (χ3n) is 2.65. The average Bonchev–Trinajstić information content (AvgIpc) is 2.45. The number of rotatable bonds is 8. The van der Waals surface area contributed by atoms with Crippen LogP contribution in [0, 0.1) is 0 Å². The highest BCUT2D eigenvalue weighted by Crippen LogP contribution is 2.30. The first-order valence-electron chi connectivity index (χ1n) is 6.74. The molecule has 0 saturated carbocycles. The second kappa shape index (κ2) is 8.19. The fourth-order valence-corrected chi connectivity index (χ4v) is 1.73. The van der Waals surface area contributed by atoms with E-state index in [9.17, 15) is 4.79 Å². The smallest absolute Gasteiger partial charge is 0.239 e. The number of hydrogen-bond acceptors (Lipinski definition) is 6. The monoisotopic (exact) mass is 281 g/mol. The van der Waals surface area contributed by atoms with E-state index in [1.165, 1.54) is 6.33 Å². The second-order valence-corrected chi connectivity index (χ2v) is 4.32. The van der Waals surface area contributed by atoms with Crippen LogP contribution < -0.4 is 20.3 Å². The van der Waals surface area contributed by atoms with Crippen molar-refractivity contribution in [3.05, 3.63) is 6.33 Å². The van der Waals surface area contributed by atoms with Gasteiger partial charge < -0.3 is 20.3 Å². The highest BCUT2D eigenvalue weighted by molar-refractivity contribution is 5.81. The minimum Gasteiger partial charge on any atom is -0.490 e. The summed E-state index contributed by atoms with van der Waals surface area (Å²) in [6.45, 7) is 5.62. The molecule has 7 nitrogen and oxygen atoms in total. The van der Waals surface area contributed by atoms with Gasteiger partial charge in [0.25, 0.3) is 0 Å². The summed E-state index contributed by atoms with van der Waals surface area (Å²) < 4.78 is 5.35. The molecule has 112 valence electrons. The number of methoxy groups -OCH3 is 1. The molecule has 7 heteroatoms. The molecular formula is C13H23N5O2. The standard InChI is InChI=1S/C13H23N5O2/c1-5-7-15-10(19)8-18(3)13-11(20-4)12(14-6-2)16-9-17-13/h9H,5-8H2,1-4H3,(H,15,19)(H,14,16,17). The third kappa shape index (κ3) is 4.25. The number of hydrogen-bond donors (Lipinski definition) is 2. The van der Waals surface area contributed by atoms with E-state index in [1.807, 2.05) is 13.8 Å². The topological polar surface area (TPSA) is 79.4 Å². The van der Waals surface area contributed by atoms with Crippen LogP contribution in [0.5, 0.6) is 5.75 Å². The maximum absolute atomic E-state index is 11.7. The SMILES string of the molecule is CCCNC(=O)CN(C)c1ncnc(NCC)c1OC. The van der Waals surface area contributed by atoms with Gasteiger partial charge in [-0.15, -0.1) is 0 Å². The van der Waals surface area contributed by atoms with E-state index in [0.29, 0.717) is 23.9 Å². The number of ether oxygens (including phenoxy) is 1. The summed E-state index contributed by atoms with van der Waals surface area (Å²) in [5, 5.41) is 5.94. The normalized spacial score (nSPS) is 10.0. The maximum Gasteiger partial charge on any atom is 0.239 e. The van der Waals surface area contributed by atoms with Crippen LogP contribution in [0.2, 0.25) is 0 Å². The quantitative estimate of drug-likeness (QED) is 0.736. The zero-order chi connectivity index (χ0) is 15.0. The summed E-state index contributed by atoms with van der Waals surface area (Å²) in [5.41, 5.74) is 0. The van der Waals surface area contributed by atoms with Gasteiger partial charge in [0.2, 0.25) is 11.7 Å². The molecule has 1 rings (SSSR count). The van der Waals surface area contributed by atoms with Crippen LogP contribution in [0.15, 0.2) is 6.33 Å². The Bertz CT molecular complexity index is 439. The van der Waals surface area contributed by atoms with Gasteiger partial charge in [0, 0.05) is 20.1 Å². The fourth-order valence-electron chi connectivity index (χ4n) is 1.73. The van der Waals surface area contributed by atoms with Crippen molar-refractivity contribution in [2.45, 2.75) is 20.3 Å². The third-order valence-corrected chi connectivity index (χ3v) is 2.65. The Kier molecular flexibility index (Phi) is 6.55. The van der Waals surface area contributed by atoms with Crippen LogP contribution in [0.3, 0.4) is 0 Å². The molecule has 1 aromatic rings. The zero-order valence-corrected chi connectivity index (χ0v) is 12.6. The summed E-state index contributed by atoms with van der Waals surface area (Å²) in [5.74, 6) is 1.71. The lowest BCUT2D eigenvalue weighted by Crippen LogP contribution is -2.36. The van der Waals surface area contributed by atoms with Gasteiger partial charge in [0.1, 0.15) is 6.33 Å². The van der Waals surface area contributed by atoms with E-state index in [2.05, 4.69) is 20.6 Å². The minimum atomic E-state index is -0.0417. The van der Waals surface area contributed by atoms with Crippen molar-refractivity contribution in [1.82, 2.24) is 15.3 Å². The van der Waals surface area contributed by atoms with E-state index >= 15 is 0 Å². The molecule has 0 unspecified atom stereocenters. The molecule has 0 fully saturated rings. The lowest BCUT2D eigenvalue weighted by atomic mass is 10.4. The van der Waals surface area contributed by atoms with Crippen molar-refractivity contribution in [3.8, 4) is 5.75 Å². The largest absolute Gasteiger partial charge is 0.490 e. The minimum absolute atomic E-state index is 0.0417. The molecule has 1 heterocycles. The first-order chi connectivity index (χ1) is 9.63. The molecule has 0 atom stereocenters. The number of nitrogens with zero attached hydrogens (tertiary/aromatic N) is 3. The molecule has 1 amide bonds. The summed E-state index contributed by atoms with van der Waals surface area (Å²) in [6, 6.07) is 0. The Hall–Kier alpha value is -2.05. The van der Waals surface area contributed by atoms with Gasteiger partial charge in [0.05, 0.1) is 13.7 Å². The number of carbonyl (C=O) groups is 1. The Morgan fingerprint density at radius 3 is 2.75 bits per heavy atom. The number of anilines is 2. The maximum atomic E-state index is 11.7. The second-order valence-electron chi connectivity index (χ2n) is 4.32. The van der Waals surface area contributed by atoms with Crippen molar-refractivity contribution < 1.29 is 9.53 Å². The summed E-state index contributed by atoms with van der Waals surface area (Å²) in [6.07, 6.45) is 2.37. The van der Waals surface area contributed by atoms with Crippen LogP contribution >= 0.6 is 0 Å². The Morgan fingerprint density at radius 1 is 1.40 bits per heavy atom. The molecule has 0 saturated heterocycles. The number of nitrogens with one attached hydrogen (secondary N) is 2. The average molecular weight is 281 g/mol. The zero-order valence-electron chi connectivity index (χ0n) is 12.6. The lowest BCUT2D eigenvalue weighted by Gasteiger charge is -2.21. The van der Waals surface area contributed by atoms with Crippen LogP contribution in [-0.4, -0.2) is 49.7 Å². The lowest BCUT2D eigenvalue weighted by molar-refractivity contribution is -0.119. The number of likely N-dealkylation sites (N-methyl/N-ethyl adjacent to an activating group) is 1. The van der Waals surface area contributed by atoms with Crippen LogP contribution in [0.25, 0.3) is 0 Å². The first kappa shape index (κ1) is 16.0. The number of amides is 1. The van der Waals surface area contributed by atoms with Crippen molar-refractivity contribution in [2.24, 2.45) is 0 Å². The highest BCUT2D eigenvalue weighted by atomic mass is 16.5. The molecule has 1 aromatic heterocycles. The van der Waals surface area contributed by atoms with Crippen molar-refractivity contribution in [1.29, 1.82) is 0 Å². The van der Waals surface area contributed by atoms with Gasteiger partial charge in [0.15, 0.2) is 11.6 Å². The Labute approximate surface area is 119 Å². The molecule has 0 aliphatic heterocycles. The van der Waals surface area contributed by atoms with E-state index in [4.69, 9.17) is 4.74 Å². The predicted molar refractivity (Wildman–Crippen MR) is 79.3 cm³/mol. The van der Waals surface area contributed by atoms with Crippen LogP contribution in [0.1, 0.15) is 20.3 Å². The van der Waals surface area contributed by atoms with Crippen molar-refractivity contribution in [3.63, 3.8) is 0 Å². The number of aromatic nitrogens is 2. The van der Waals surface area contributed by atoms with Crippen molar-refractivity contribution >= 4 is 17.5 Å². The summed E-state index contributed by atoms with van der Waals surface area (Å²) in [4.78, 5) is 21.8. The molecule has 20 heavy (non-hydrogen) atoms. The van der Waals surface area contributed by atoms with Crippen molar-refractivity contribution in [2.75, 3.05) is 44.0 Å². The number of carbonyl (C=O) groups excluding carboxylic acids is 1. The van der Waals surface area contributed by atoms with Gasteiger partial charge in [-0.2, -0.15) is 0 Å². The Balaban J connectivity index is 2.83. The molecule has 0 bridgehead atoms. The summed E-state index contributed by atoms with van der Waals surface area (Å²) >= 11 is 0. The molecule has 0 aliphatic carbocycles. The van der Waals surface area contributed by atoms with Gasteiger partial charge in [-0.05, 0) is 13.3 Å². The van der Waals surface area contributed by atoms with Crippen LogP contribution in [-0.2, 0) is 4.79 Å². The van der Waals surface area contributed by atoms with E-state index in [-0.39, 0.29) is 12.5 Å². The molecule has 2 N–H and O–H groups in total. The predicted octanol–water partition coefficient (Wildman–Crippen LogP) is 0.879. The van der Waals surface area contributed by atoms with Gasteiger partial charge >= 0.3 is 0 Å². The Morgan fingerprint density at radius 2 is 2.15 bits per heavy atom. The highest BCUT2D eigenvalue weighted by Gasteiger charge is 2.17. The molecular weight excluding hydrogens is 258 g/mol. The molecule has 0 spiro atoms. The van der Waals surface area contributed by atoms with E-state index < -0.39 is 0 Å². The first-order valence-corrected chi connectivity index (χ1v) is 6.74. The van der Waals surface area contributed by atoms with E-state index in [0.717, 1.165) is 13.0 Å². The van der Waals surface area contributed by atoms with Gasteiger partial charge in [-0.3, -0.25) is 4.79 Å². The molecule has 0 radical (unpaired) electrons.